The van der Waals surface area contributed by atoms with Crippen molar-refractivity contribution >= 4 is 5.97 Å². The van der Waals surface area contributed by atoms with E-state index < -0.39 is 5.41 Å². The first-order valence-electron chi connectivity index (χ1n) is 5.43. The highest BCUT2D eigenvalue weighted by atomic mass is 16.5. The van der Waals surface area contributed by atoms with Crippen molar-refractivity contribution in [2.24, 2.45) is 11.3 Å². The van der Waals surface area contributed by atoms with Crippen LogP contribution >= 0.6 is 0 Å². The van der Waals surface area contributed by atoms with Crippen molar-refractivity contribution in [3.8, 4) is 0 Å². The van der Waals surface area contributed by atoms with Crippen LogP contribution in [0, 0.1) is 11.3 Å². The van der Waals surface area contributed by atoms with Crippen molar-refractivity contribution in [3.63, 3.8) is 0 Å². The molecule has 0 aromatic rings. The maximum absolute atomic E-state index is 11.3. The first kappa shape index (κ1) is 12.5. The molecule has 2 N–H and O–H groups in total. The lowest BCUT2D eigenvalue weighted by atomic mass is 9.82. The lowest BCUT2D eigenvalue weighted by Gasteiger charge is -2.32. The van der Waals surface area contributed by atoms with E-state index in [9.17, 15) is 4.79 Å². The van der Waals surface area contributed by atoms with Gasteiger partial charge in [0.05, 0.1) is 18.6 Å². The van der Waals surface area contributed by atoms with Crippen LogP contribution in [0.3, 0.4) is 0 Å². The number of esters is 1. The molecule has 0 bridgehead atoms. The van der Waals surface area contributed by atoms with Gasteiger partial charge in [-0.1, -0.05) is 0 Å². The topological polar surface area (TPSA) is 58.6 Å². The first-order chi connectivity index (χ1) is 6.95. The molecule has 1 aliphatic rings. The van der Waals surface area contributed by atoms with Crippen LogP contribution in [0.25, 0.3) is 0 Å². The summed E-state index contributed by atoms with van der Waals surface area (Å²) in [6, 6.07) is 0. The number of aliphatic hydroxyl groups is 1. The molecule has 4 heteroatoms. The molecule has 0 aliphatic heterocycles. The summed E-state index contributed by atoms with van der Waals surface area (Å²) in [5.41, 5.74) is -0.475. The molecule has 0 heterocycles. The summed E-state index contributed by atoms with van der Waals surface area (Å²) in [6.07, 6.45) is 1.66. The monoisotopic (exact) mass is 215 g/mol. The number of nitrogens with one attached hydrogen (secondary N) is 1. The number of aliphatic hydroxyl groups excluding tert-OH is 1. The van der Waals surface area contributed by atoms with Gasteiger partial charge in [-0.3, -0.25) is 4.79 Å². The Morgan fingerprint density at radius 2 is 2.13 bits per heavy atom. The minimum Gasteiger partial charge on any atom is -0.469 e. The zero-order valence-electron chi connectivity index (χ0n) is 9.75. The summed E-state index contributed by atoms with van der Waals surface area (Å²) in [7, 11) is 1.41. The fraction of sp³-hybridized carbons (Fsp3) is 0.909. The summed E-state index contributed by atoms with van der Waals surface area (Å²) >= 11 is 0. The molecule has 1 rings (SSSR count). The van der Waals surface area contributed by atoms with Gasteiger partial charge < -0.3 is 15.2 Å². The molecule has 0 radical (unpaired) electrons. The van der Waals surface area contributed by atoms with Crippen molar-refractivity contribution in [3.05, 3.63) is 0 Å². The Morgan fingerprint density at radius 1 is 1.53 bits per heavy atom. The number of ether oxygens (including phenoxy) is 1. The second-order valence-electron chi connectivity index (χ2n) is 5.00. The Balaban J connectivity index is 2.16. The molecular weight excluding hydrogens is 194 g/mol. The van der Waals surface area contributed by atoms with Gasteiger partial charge in [0.2, 0.25) is 0 Å². The van der Waals surface area contributed by atoms with Crippen molar-refractivity contribution in [2.45, 2.75) is 32.8 Å². The van der Waals surface area contributed by atoms with Gasteiger partial charge >= 0.3 is 5.97 Å². The van der Waals surface area contributed by atoms with E-state index in [0.29, 0.717) is 12.5 Å². The molecule has 0 saturated heterocycles. The fourth-order valence-electron chi connectivity index (χ4n) is 1.80. The zero-order valence-corrected chi connectivity index (χ0v) is 9.75. The van der Waals surface area contributed by atoms with E-state index >= 15 is 0 Å². The van der Waals surface area contributed by atoms with Crippen molar-refractivity contribution in [1.82, 2.24) is 5.32 Å². The summed E-state index contributed by atoms with van der Waals surface area (Å²) in [5, 5.41) is 12.4. The van der Waals surface area contributed by atoms with Crippen LogP contribution in [0.15, 0.2) is 0 Å². The number of methoxy groups -OCH3 is 1. The molecule has 15 heavy (non-hydrogen) atoms. The summed E-state index contributed by atoms with van der Waals surface area (Å²) in [5.74, 6) is 0.372. The largest absolute Gasteiger partial charge is 0.469 e. The molecule has 1 saturated carbocycles. The van der Waals surface area contributed by atoms with Gasteiger partial charge in [-0.2, -0.15) is 0 Å². The van der Waals surface area contributed by atoms with E-state index in [2.05, 4.69) is 5.32 Å². The van der Waals surface area contributed by atoms with Gasteiger partial charge in [0.1, 0.15) is 0 Å². The summed E-state index contributed by atoms with van der Waals surface area (Å²) in [6.45, 7) is 5.21. The third-order valence-electron chi connectivity index (χ3n) is 2.95. The van der Waals surface area contributed by atoms with E-state index in [1.165, 1.54) is 7.11 Å². The van der Waals surface area contributed by atoms with Gasteiger partial charge in [-0.15, -0.1) is 0 Å². The molecule has 0 unspecified atom stereocenters. The Bertz CT molecular complexity index is 222. The van der Waals surface area contributed by atoms with Gasteiger partial charge in [0.15, 0.2) is 0 Å². The van der Waals surface area contributed by atoms with Gasteiger partial charge in [0, 0.05) is 6.54 Å². The summed E-state index contributed by atoms with van der Waals surface area (Å²) < 4.78 is 4.71. The van der Waals surface area contributed by atoms with Gasteiger partial charge in [-0.05, 0) is 39.2 Å². The third-order valence-corrected chi connectivity index (χ3v) is 2.95. The molecule has 1 aliphatic carbocycles. The Morgan fingerprint density at radius 3 is 2.60 bits per heavy atom. The second-order valence-corrected chi connectivity index (χ2v) is 5.00. The SMILES string of the molecule is COC(=O)C(C)(C)CNCC1CC(O)C1. The number of carbonyl (C=O) groups excluding carboxylic acids is 1. The molecule has 0 atom stereocenters. The van der Waals surface area contributed by atoms with Crippen molar-refractivity contribution < 1.29 is 14.6 Å². The first-order valence-corrected chi connectivity index (χ1v) is 5.43. The van der Waals surface area contributed by atoms with Crippen LogP contribution in [0.1, 0.15) is 26.7 Å². The highest BCUT2D eigenvalue weighted by Gasteiger charge is 2.30. The minimum atomic E-state index is -0.475. The minimum absolute atomic E-state index is 0.106. The standard InChI is InChI=1S/C11H21NO3/c1-11(2,10(14)15-3)7-12-6-8-4-9(13)5-8/h8-9,12-13H,4-7H2,1-3H3. The maximum Gasteiger partial charge on any atom is 0.312 e. The maximum atomic E-state index is 11.3. The van der Waals surface area contributed by atoms with Gasteiger partial charge in [-0.25, -0.2) is 0 Å². The van der Waals surface area contributed by atoms with E-state index in [1.54, 1.807) is 0 Å². The normalized spacial score (nSPS) is 25.9. The van der Waals surface area contributed by atoms with E-state index in [1.807, 2.05) is 13.8 Å². The Hall–Kier alpha value is -0.610. The molecule has 1 fully saturated rings. The third kappa shape index (κ3) is 3.47. The predicted octanol–water partition coefficient (Wildman–Crippen LogP) is 0.546. The molecular formula is C11H21NO3. The lowest BCUT2D eigenvalue weighted by molar-refractivity contribution is -0.150. The van der Waals surface area contributed by atoms with E-state index in [4.69, 9.17) is 9.84 Å². The average Bonchev–Trinajstić information content (AvgIpc) is 2.13. The second kappa shape index (κ2) is 4.94. The predicted molar refractivity (Wildman–Crippen MR) is 57.4 cm³/mol. The lowest BCUT2D eigenvalue weighted by Crippen LogP contribution is -2.42. The van der Waals surface area contributed by atoms with Crippen LogP contribution in [0.4, 0.5) is 0 Å². The number of hydrogen-bond acceptors (Lipinski definition) is 4. The molecule has 88 valence electrons. The quantitative estimate of drug-likeness (QED) is 0.657. The molecule has 0 aromatic carbocycles. The van der Waals surface area contributed by atoms with Crippen LogP contribution < -0.4 is 5.32 Å². The molecule has 4 nitrogen and oxygen atoms in total. The fourth-order valence-corrected chi connectivity index (χ4v) is 1.80. The molecule has 0 aromatic heterocycles. The van der Waals surface area contributed by atoms with Crippen LogP contribution in [0.2, 0.25) is 0 Å². The molecule has 0 amide bonds. The Kier molecular flexibility index (Phi) is 4.11. The number of hydrogen-bond donors (Lipinski definition) is 2. The van der Waals surface area contributed by atoms with Crippen LogP contribution in [0.5, 0.6) is 0 Å². The van der Waals surface area contributed by atoms with Crippen LogP contribution in [-0.4, -0.2) is 37.4 Å². The highest BCUT2D eigenvalue weighted by Crippen LogP contribution is 2.26. The van der Waals surface area contributed by atoms with Crippen LogP contribution in [-0.2, 0) is 9.53 Å². The van der Waals surface area contributed by atoms with Gasteiger partial charge in [0.25, 0.3) is 0 Å². The van der Waals surface area contributed by atoms with Crippen molar-refractivity contribution in [2.75, 3.05) is 20.2 Å². The average molecular weight is 215 g/mol. The molecule has 0 spiro atoms. The Labute approximate surface area is 91.0 Å². The highest BCUT2D eigenvalue weighted by molar-refractivity contribution is 5.76. The smallest absolute Gasteiger partial charge is 0.312 e. The van der Waals surface area contributed by atoms with E-state index in [-0.39, 0.29) is 12.1 Å². The van der Waals surface area contributed by atoms with E-state index in [0.717, 1.165) is 19.4 Å². The number of carbonyl (C=O) groups is 1. The zero-order chi connectivity index (χ0) is 11.5. The van der Waals surface area contributed by atoms with Crippen molar-refractivity contribution in [1.29, 1.82) is 0 Å². The summed E-state index contributed by atoms with van der Waals surface area (Å²) in [4.78, 5) is 11.3. The number of rotatable bonds is 5.